The molecule has 1 heterocycles. The summed E-state index contributed by atoms with van der Waals surface area (Å²) in [5.41, 5.74) is 8.77. The minimum absolute atomic E-state index is 0.147. The summed E-state index contributed by atoms with van der Waals surface area (Å²) in [5, 5.41) is 6.76. The summed E-state index contributed by atoms with van der Waals surface area (Å²) >= 11 is 3.21. The van der Waals surface area contributed by atoms with Crippen LogP contribution in [0.1, 0.15) is 61.3 Å². The Hall–Kier alpha value is -2.07. The van der Waals surface area contributed by atoms with Crippen LogP contribution in [0.15, 0.2) is 22.7 Å². The third-order valence-electron chi connectivity index (χ3n) is 7.00. The van der Waals surface area contributed by atoms with Gasteiger partial charge in [-0.05, 0) is 87.4 Å². The van der Waals surface area contributed by atoms with Gasteiger partial charge in [0.15, 0.2) is 0 Å². The van der Waals surface area contributed by atoms with Gasteiger partial charge in [-0.3, -0.25) is 0 Å². The van der Waals surface area contributed by atoms with Crippen LogP contribution >= 0.6 is 15.9 Å². The van der Waals surface area contributed by atoms with E-state index in [1.165, 1.54) is 11.6 Å². The van der Waals surface area contributed by atoms with E-state index in [0.717, 1.165) is 56.5 Å². The zero-order valence-electron chi connectivity index (χ0n) is 19.2. The summed E-state index contributed by atoms with van der Waals surface area (Å²) in [6, 6.07) is 5.15. The van der Waals surface area contributed by atoms with Crippen molar-refractivity contribution in [1.29, 1.82) is 0 Å². The average molecular weight is 542 g/mol. The minimum Gasteiger partial charge on any atom is -0.405 e. The zero-order valence-corrected chi connectivity index (χ0v) is 20.8. The number of nitrogens with zero attached hydrogens (tertiary/aromatic N) is 2. The summed E-state index contributed by atoms with van der Waals surface area (Å²) in [7, 11) is 1.88. The Morgan fingerprint density at radius 3 is 2.62 bits per heavy atom. The molecule has 0 amide bonds. The fraction of sp³-hybridized carbons (Fsp3) is 0.583. The Morgan fingerprint density at radius 2 is 1.91 bits per heavy atom. The second-order valence-electron chi connectivity index (χ2n) is 9.16. The lowest BCUT2D eigenvalue weighted by Crippen LogP contribution is -2.36. The van der Waals surface area contributed by atoms with E-state index in [2.05, 4.69) is 41.3 Å². The Bertz CT molecular complexity index is 978. The standard InChI is InChI=1S/C24H31BrF3N5O/c1-30-22-21-18(3-2-4-19(21)32-23(29)33-22)14-6-9-17(10-7-14)31-12-11-15-5-8-16(25)13-20(15)34-24(26,27)28/h5,8,13-14,17-18,31H,2-4,6-7,9-12H2,1H3,(H3,29,30,32,33)/t14-,17+,18?. The van der Waals surface area contributed by atoms with Crippen molar-refractivity contribution in [1.82, 2.24) is 15.3 Å². The molecular weight excluding hydrogens is 511 g/mol. The monoisotopic (exact) mass is 541 g/mol. The third kappa shape index (κ3) is 6.13. The van der Waals surface area contributed by atoms with E-state index >= 15 is 0 Å². The number of aryl methyl sites for hydroxylation is 1. The first-order chi connectivity index (χ1) is 16.2. The number of fused-ring (bicyclic) bond motifs is 1. The number of hydrogen-bond acceptors (Lipinski definition) is 6. The van der Waals surface area contributed by atoms with Gasteiger partial charge in [0.05, 0.1) is 5.69 Å². The molecule has 1 aromatic heterocycles. The van der Waals surface area contributed by atoms with Crippen LogP contribution in [-0.2, 0) is 12.8 Å². The van der Waals surface area contributed by atoms with Gasteiger partial charge in [0.25, 0.3) is 0 Å². The van der Waals surface area contributed by atoms with Crippen molar-refractivity contribution in [2.24, 2.45) is 5.92 Å². The van der Waals surface area contributed by atoms with Gasteiger partial charge in [-0.1, -0.05) is 22.0 Å². The largest absolute Gasteiger partial charge is 0.573 e. The van der Waals surface area contributed by atoms with Crippen LogP contribution in [0.3, 0.4) is 0 Å². The van der Waals surface area contributed by atoms with Crippen LogP contribution in [-0.4, -0.2) is 36.0 Å². The molecule has 4 N–H and O–H groups in total. The predicted octanol–water partition coefficient (Wildman–Crippen LogP) is 5.57. The van der Waals surface area contributed by atoms with E-state index in [9.17, 15) is 13.2 Å². The number of benzene rings is 1. The number of anilines is 2. The number of ether oxygens (including phenoxy) is 1. The van der Waals surface area contributed by atoms with Crippen molar-refractivity contribution in [3.63, 3.8) is 0 Å². The summed E-state index contributed by atoms with van der Waals surface area (Å²) in [6.45, 7) is 0.606. The summed E-state index contributed by atoms with van der Waals surface area (Å²) in [4.78, 5) is 8.95. The Balaban J connectivity index is 1.32. The fourth-order valence-electron chi connectivity index (χ4n) is 5.50. The van der Waals surface area contributed by atoms with Crippen LogP contribution in [0, 0.1) is 5.92 Å². The molecule has 2 aliphatic carbocycles. The summed E-state index contributed by atoms with van der Waals surface area (Å²) < 4.78 is 43.0. The molecule has 1 atom stereocenters. The van der Waals surface area contributed by atoms with E-state index in [1.54, 1.807) is 12.1 Å². The van der Waals surface area contributed by atoms with Crippen LogP contribution < -0.4 is 21.1 Å². The van der Waals surface area contributed by atoms with Crippen molar-refractivity contribution in [2.45, 2.75) is 69.7 Å². The van der Waals surface area contributed by atoms with Gasteiger partial charge in [0.1, 0.15) is 11.6 Å². The molecule has 1 saturated carbocycles. The highest BCUT2D eigenvalue weighted by Gasteiger charge is 2.34. The first-order valence-electron chi connectivity index (χ1n) is 11.8. The SMILES string of the molecule is CNc1nc(N)nc2c1C([C@H]1CC[C@@H](NCCc3ccc(Br)cc3OC(F)(F)F)CC1)CCC2. The lowest BCUT2D eigenvalue weighted by molar-refractivity contribution is -0.274. The molecule has 0 saturated heterocycles. The van der Waals surface area contributed by atoms with E-state index in [-0.39, 0.29) is 5.75 Å². The van der Waals surface area contributed by atoms with Crippen LogP contribution in [0.25, 0.3) is 0 Å². The second kappa shape index (κ2) is 10.7. The topological polar surface area (TPSA) is 85.1 Å². The highest BCUT2D eigenvalue weighted by atomic mass is 79.9. The van der Waals surface area contributed by atoms with Crippen LogP contribution in [0.5, 0.6) is 5.75 Å². The molecule has 4 rings (SSSR count). The number of rotatable bonds is 7. The van der Waals surface area contributed by atoms with Crippen molar-refractivity contribution >= 4 is 27.7 Å². The van der Waals surface area contributed by atoms with Gasteiger partial charge in [-0.2, -0.15) is 4.98 Å². The fourth-order valence-corrected chi connectivity index (χ4v) is 5.84. The average Bonchev–Trinajstić information content (AvgIpc) is 2.79. The maximum atomic E-state index is 12.7. The van der Waals surface area contributed by atoms with E-state index in [4.69, 9.17) is 5.73 Å². The van der Waals surface area contributed by atoms with Gasteiger partial charge in [0, 0.05) is 23.1 Å². The summed E-state index contributed by atoms with van der Waals surface area (Å²) in [5.74, 6) is 2.06. The molecule has 0 bridgehead atoms. The van der Waals surface area contributed by atoms with Gasteiger partial charge < -0.3 is 21.1 Å². The molecule has 1 unspecified atom stereocenters. The summed E-state index contributed by atoms with van der Waals surface area (Å²) in [6.07, 6.45) is 3.28. The molecule has 2 aliphatic rings. The molecule has 0 aliphatic heterocycles. The first-order valence-corrected chi connectivity index (χ1v) is 12.6. The lowest BCUT2D eigenvalue weighted by Gasteiger charge is -2.37. The van der Waals surface area contributed by atoms with Crippen molar-refractivity contribution < 1.29 is 17.9 Å². The lowest BCUT2D eigenvalue weighted by atomic mass is 9.71. The zero-order chi connectivity index (χ0) is 24.3. The normalized spacial score (nSPS) is 22.8. The molecule has 1 fully saturated rings. The number of nitrogens with two attached hydrogens (primary N) is 1. The maximum Gasteiger partial charge on any atom is 0.573 e. The number of nitrogen functional groups attached to an aromatic ring is 1. The quantitative estimate of drug-likeness (QED) is 0.424. The highest BCUT2D eigenvalue weighted by molar-refractivity contribution is 9.10. The molecule has 1 aromatic carbocycles. The molecule has 0 spiro atoms. The molecule has 186 valence electrons. The van der Waals surface area contributed by atoms with Gasteiger partial charge in [-0.25, -0.2) is 4.98 Å². The highest BCUT2D eigenvalue weighted by Crippen LogP contribution is 2.45. The minimum atomic E-state index is -4.71. The number of alkyl halides is 3. The van der Waals surface area contributed by atoms with Gasteiger partial charge >= 0.3 is 6.36 Å². The van der Waals surface area contributed by atoms with Gasteiger partial charge in [0.2, 0.25) is 5.95 Å². The van der Waals surface area contributed by atoms with E-state index < -0.39 is 6.36 Å². The smallest absolute Gasteiger partial charge is 0.405 e. The molecular formula is C24H31BrF3N5O. The first kappa shape index (κ1) is 25.0. The molecule has 10 heteroatoms. The van der Waals surface area contributed by atoms with Crippen molar-refractivity contribution in [3.05, 3.63) is 39.5 Å². The molecule has 0 radical (unpaired) electrons. The van der Waals surface area contributed by atoms with Gasteiger partial charge in [-0.15, -0.1) is 13.2 Å². The molecule has 2 aromatic rings. The maximum absolute atomic E-state index is 12.7. The van der Waals surface area contributed by atoms with E-state index in [1.807, 2.05) is 7.05 Å². The second-order valence-corrected chi connectivity index (χ2v) is 10.1. The Kier molecular flexibility index (Phi) is 7.87. The van der Waals surface area contributed by atoms with E-state index in [0.29, 0.717) is 46.8 Å². The Morgan fingerprint density at radius 1 is 1.15 bits per heavy atom. The predicted molar refractivity (Wildman–Crippen MR) is 130 cm³/mol. The number of nitrogens with one attached hydrogen (secondary N) is 2. The van der Waals surface area contributed by atoms with Crippen molar-refractivity contribution in [2.75, 3.05) is 24.6 Å². The third-order valence-corrected chi connectivity index (χ3v) is 7.49. The molecule has 6 nitrogen and oxygen atoms in total. The number of hydrogen-bond donors (Lipinski definition) is 3. The van der Waals surface area contributed by atoms with Crippen LogP contribution in [0.2, 0.25) is 0 Å². The molecule has 34 heavy (non-hydrogen) atoms. The van der Waals surface area contributed by atoms with Crippen molar-refractivity contribution in [3.8, 4) is 5.75 Å². The number of aromatic nitrogens is 2. The Labute approximate surface area is 206 Å². The van der Waals surface area contributed by atoms with Crippen LogP contribution in [0.4, 0.5) is 24.9 Å². The number of halogens is 4.